The monoisotopic (exact) mass is 322 g/mol. The third-order valence-corrected chi connectivity index (χ3v) is 4.69. The van der Waals surface area contributed by atoms with Crippen LogP contribution in [0.4, 0.5) is 0 Å². The second kappa shape index (κ2) is 7.52. The first kappa shape index (κ1) is 20.4. The Morgan fingerprint density at radius 3 is 2.04 bits per heavy atom. The minimum atomic E-state index is -0.348. The predicted octanol–water partition coefficient (Wildman–Crippen LogP) is 5.20. The number of unbranched alkanes of at least 4 members (excludes halogenated alkanes) is 2. The van der Waals surface area contributed by atoms with Gasteiger partial charge in [0.25, 0.3) is 0 Å². The van der Waals surface area contributed by atoms with Crippen molar-refractivity contribution < 1.29 is 14.1 Å². The molecule has 1 rings (SSSR count). The molecule has 0 aromatic rings. The fourth-order valence-electron chi connectivity index (χ4n) is 2.61. The van der Waals surface area contributed by atoms with Crippen molar-refractivity contribution in [3.8, 4) is 0 Å². The average molecular weight is 322 g/mol. The molecule has 0 N–H and O–H groups in total. The standard InChI is InChI=1S/C19H35BO3/c1-9-10-11-12-15(16(21)13-17(2,3)4)14-20-22-18(5,6)19(7,8)23-20/h12H,9-11,13-14H2,1-8H3/b15-12-. The van der Waals surface area contributed by atoms with Gasteiger partial charge in [0.1, 0.15) is 0 Å². The molecule has 0 radical (unpaired) electrons. The van der Waals surface area contributed by atoms with Gasteiger partial charge in [0.05, 0.1) is 11.2 Å². The van der Waals surface area contributed by atoms with E-state index in [0.717, 1.165) is 24.8 Å². The molecular weight excluding hydrogens is 287 g/mol. The molecule has 1 aliphatic heterocycles. The van der Waals surface area contributed by atoms with Gasteiger partial charge in [0, 0.05) is 12.7 Å². The summed E-state index contributed by atoms with van der Waals surface area (Å²) in [5.74, 6) is 0.225. The highest BCUT2D eigenvalue weighted by Crippen LogP contribution is 2.39. The highest BCUT2D eigenvalue weighted by atomic mass is 16.7. The molecule has 0 saturated carbocycles. The Hall–Kier alpha value is -0.605. The van der Waals surface area contributed by atoms with Crippen LogP contribution in [0, 0.1) is 5.41 Å². The van der Waals surface area contributed by atoms with Crippen LogP contribution < -0.4 is 0 Å². The van der Waals surface area contributed by atoms with Crippen LogP contribution >= 0.6 is 0 Å². The zero-order valence-electron chi connectivity index (χ0n) is 16.4. The number of rotatable bonds is 7. The van der Waals surface area contributed by atoms with Crippen molar-refractivity contribution in [3.05, 3.63) is 11.6 Å². The molecule has 0 unspecified atom stereocenters. The molecule has 1 fully saturated rings. The highest BCUT2D eigenvalue weighted by Gasteiger charge is 2.51. The maximum absolute atomic E-state index is 12.7. The van der Waals surface area contributed by atoms with Gasteiger partial charge in [-0.1, -0.05) is 46.6 Å². The number of carbonyl (C=O) groups excluding carboxylic acids is 1. The summed E-state index contributed by atoms with van der Waals surface area (Å²) in [5.41, 5.74) is 0.168. The summed E-state index contributed by atoms with van der Waals surface area (Å²) in [6, 6.07) is 0. The van der Waals surface area contributed by atoms with E-state index in [1.54, 1.807) is 0 Å². The fourth-order valence-corrected chi connectivity index (χ4v) is 2.61. The van der Waals surface area contributed by atoms with E-state index in [4.69, 9.17) is 9.31 Å². The summed E-state index contributed by atoms with van der Waals surface area (Å²) in [7, 11) is -0.336. The summed E-state index contributed by atoms with van der Waals surface area (Å²) < 4.78 is 12.1. The molecule has 0 aliphatic carbocycles. The molecule has 132 valence electrons. The van der Waals surface area contributed by atoms with Crippen LogP contribution in [0.3, 0.4) is 0 Å². The Balaban J connectivity index is 2.82. The number of Topliss-reactive ketones (excluding diaryl/α,β-unsaturated/α-hetero) is 1. The van der Waals surface area contributed by atoms with Crippen LogP contribution in [-0.2, 0) is 14.1 Å². The number of carbonyl (C=O) groups is 1. The molecule has 0 spiro atoms. The third-order valence-electron chi connectivity index (χ3n) is 4.69. The summed E-state index contributed by atoms with van der Waals surface area (Å²) >= 11 is 0. The summed E-state index contributed by atoms with van der Waals surface area (Å²) in [4.78, 5) is 12.7. The smallest absolute Gasteiger partial charge is 0.403 e. The van der Waals surface area contributed by atoms with Gasteiger partial charge in [-0.2, -0.15) is 0 Å². The van der Waals surface area contributed by atoms with Gasteiger partial charge >= 0.3 is 7.12 Å². The van der Waals surface area contributed by atoms with Crippen LogP contribution in [0.5, 0.6) is 0 Å². The zero-order chi connectivity index (χ0) is 17.9. The first-order valence-corrected chi connectivity index (χ1v) is 8.96. The van der Waals surface area contributed by atoms with Gasteiger partial charge in [0.2, 0.25) is 0 Å². The van der Waals surface area contributed by atoms with E-state index in [1.807, 2.05) is 27.7 Å². The largest absolute Gasteiger partial charge is 0.462 e. The normalized spacial score (nSPS) is 20.9. The summed E-state index contributed by atoms with van der Waals surface area (Å²) in [6.07, 6.45) is 6.39. The van der Waals surface area contributed by atoms with Crippen LogP contribution in [0.1, 0.15) is 81.1 Å². The van der Waals surface area contributed by atoms with Crippen molar-refractivity contribution in [3.63, 3.8) is 0 Å². The fraction of sp³-hybridized carbons (Fsp3) is 0.842. The molecule has 1 saturated heterocycles. The van der Waals surface area contributed by atoms with Crippen molar-refractivity contribution in [1.29, 1.82) is 0 Å². The number of ketones is 1. The minimum Gasteiger partial charge on any atom is -0.403 e. The molecule has 3 nitrogen and oxygen atoms in total. The number of allylic oxidation sites excluding steroid dienone is 2. The van der Waals surface area contributed by atoms with E-state index >= 15 is 0 Å². The molecule has 0 aromatic heterocycles. The van der Waals surface area contributed by atoms with E-state index in [0.29, 0.717) is 12.7 Å². The van der Waals surface area contributed by atoms with E-state index in [9.17, 15) is 4.79 Å². The Bertz CT molecular complexity index is 428. The van der Waals surface area contributed by atoms with Gasteiger partial charge < -0.3 is 9.31 Å². The minimum absolute atomic E-state index is 0.00311. The van der Waals surface area contributed by atoms with Crippen molar-refractivity contribution >= 4 is 12.9 Å². The molecular formula is C19H35BO3. The Morgan fingerprint density at radius 1 is 1.09 bits per heavy atom. The molecule has 0 atom stereocenters. The van der Waals surface area contributed by atoms with Crippen LogP contribution in [0.25, 0.3) is 0 Å². The lowest BCUT2D eigenvalue weighted by Gasteiger charge is -2.32. The van der Waals surface area contributed by atoms with E-state index in [2.05, 4.69) is 33.8 Å². The van der Waals surface area contributed by atoms with Crippen molar-refractivity contribution in [2.75, 3.05) is 0 Å². The van der Waals surface area contributed by atoms with Gasteiger partial charge in [-0.05, 0) is 45.1 Å². The van der Waals surface area contributed by atoms with Gasteiger partial charge in [-0.25, -0.2) is 0 Å². The van der Waals surface area contributed by atoms with E-state index in [-0.39, 0.29) is 29.5 Å². The Kier molecular flexibility index (Phi) is 6.69. The first-order valence-electron chi connectivity index (χ1n) is 8.96. The molecule has 23 heavy (non-hydrogen) atoms. The van der Waals surface area contributed by atoms with Crippen molar-refractivity contribution in [2.45, 2.75) is 98.6 Å². The second-order valence-electron chi connectivity index (χ2n) is 8.92. The maximum atomic E-state index is 12.7. The first-order chi connectivity index (χ1) is 10.4. The SMILES string of the molecule is CCCC/C=C(/CB1OC(C)(C)C(C)(C)O1)C(=O)CC(C)(C)C. The zero-order valence-corrected chi connectivity index (χ0v) is 16.4. The lowest BCUT2D eigenvalue weighted by molar-refractivity contribution is -0.117. The van der Waals surface area contributed by atoms with Crippen molar-refractivity contribution in [2.24, 2.45) is 5.41 Å². The lowest BCUT2D eigenvalue weighted by Crippen LogP contribution is -2.41. The van der Waals surface area contributed by atoms with Crippen LogP contribution in [-0.4, -0.2) is 24.1 Å². The van der Waals surface area contributed by atoms with Crippen LogP contribution in [0.15, 0.2) is 11.6 Å². The highest BCUT2D eigenvalue weighted by molar-refractivity contribution is 6.47. The van der Waals surface area contributed by atoms with Gasteiger partial charge in [0.15, 0.2) is 5.78 Å². The van der Waals surface area contributed by atoms with Gasteiger partial charge in [-0.3, -0.25) is 4.79 Å². The second-order valence-corrected chi connectivity index (χ2v) is 8.92. The van der Waals surface area contributed by atoms with Gasteiger partial charge in [-0.15, -0.1) is 0 Å². The lowest BCUT2D eigenvalue weighted by atomic mass is 9.76. The number of hydrogen-bond donors (Lipinski definition) is 0. The molecule has 0 bridgehead atoms. The average Bonchev–Trinajstić information content (AvgIpc) is 2.54. The molecule has 0 aromatic carbocycles. The topological polar surface area (TPSA) is 35.5 Å². The Morgan fingerprint density at radius 2 is 1.61 bits per heavy atom. The van der Waals surface area contributed by atoms with E-state index in [1.165, 1.54) is 0 Å². The maximum Gasteiger partial charge on any atom is 0.462 e. The molecule has 1 aliphatic rings. The van der Waals surface area contributed by atoms with Crippen LogP contribution in [0.2, 0.25) is 6.32 Å². The Labute approximate surface area is 143 Å². The number of hydrogen-bond acceptors (Lipinski definition) is 3. The third kappa shape index (κ3) is 6.08. The van der Waals surface area contributed by atoms with E-state index < -0.39 is 0 Å². The van der Waals surface area contributed by atoms with Crippen molar-refractivity contribution in [1.82, 2.24) is 0 Å². The summed E-state index contributed by atoms with van der Waals surface area (Å²) in [6.45, 7) is 16.7. The quantitative estimate of drug-likeness (QED) is 0.367. The summed E-state index contributed by atoms with van der Waals surface area (Å²) in [5, 5.41) is 0. The molecule has 0 amide bonds. The predicted molar refractivity (Wildman–Crippen MR) is 97.6 cm³/mol. The molecule has 4 heteroatoms. The molecule has 1 heterocycles.